The van der Waals surface area contributed by atoms with Crippen molar-refractivity contribution in [2.75, 3.05) is 23.8 Å². The highest BCUT2D eigenvalue weighted by Crippen LogP contribution is 2.32. The molecule has 16 heteroatoms. The van der Waals surface area contributed by atoms with Crippen LogP contribution in [0.15, 0.2) is 48.5 Å². The lowest BCUT2D eigenvalue weighted by atomic mass is 10.2. The molecule has 0 aliphatic carbocycles. The Bertz CT molecular complexity index is 1330. The summed E-state index contributed by atoms with van der Waals surface area (Å²) in [5.74, 6) is -0.359. The number of ether oxygens (including phenoxy) is 2. The largest absolute Gasteiger partial charge is 0.491 e. The topological polar surface area (TPSA) is 114 Å². The first kappa shape index (κ1) is 46.3. The van der Waals surface area contributed by atoms with E-state index in [0.29, 0.717) is 36.1 Å². The Morgan fingerprint density at radius 3 is 1.04 bits per heavy atom. The lowest BCUT2D eigenvalue weighted by Gasteiger charge is -2.39. The minimum absolute atomic E-state index is 0.146. The number of hydrogen-bond acceptors (Lipinski definition) is 8. The van der Waals surface area contributed by atoms with E-state index in [1.54, 1.807) is 36.4 Å². The third kappa shape index (κ3) is 18.4. The number of carbonyl (C=O) groups is 2. The van der Waals surface area contributed by atoms with Crippen LogP contribution < -0.4 is 20.1 Å². The van der Waals surface area contributed by atoms with Crippen molar-refractivity contribution in [2.24, 2.45) is 11.8 Å². The van der Waals surface area contributed by atoms with Crippen molar-refractivity contribution < 1.29 is 35.5 Å². The normalized spacial score (nSPS) is 14.4. The summed E-state index contributed by atoms with van der Waals surface area (Å²) in [4.78, 5) is 26.3. The molecule has 2 N–H and O–H groups in total. The van der Waals surface area contributed by atoms with E-state index in [4.69, 9.17) is 25.9 Å². The molecule has 2 rings (SSSR count). The smallest absolute Gasteiger partial charge is 0.314 e. The van der Waals surface area contributed by atoms with Crippen molar-refractivity contribution in [3.63, 3.8) is 0 Å². The molecule has 2 aromatic carbocycles. The first-order chi connectivity index (χ1) is 23.6. The molecule has 0 saturated heterocycles. The zero-order valence-electron chi connectivity index (χ0n) is 34.9. The average Bonchev–Trinajstić information content (AvgIpc) is 2.91. The lowest BCUT2D eigenvalue weighted by Crippen LogP contribution is -2.53. The first-order valence-corrected chi connectivity index (χ1v) is 37.1. The molecule has 0 bridgehead atoms. The van der Waals surface area contributed by atoms with Gasteiger partial charge < -0.3 is 36.6 Å². The maximum absolute atomic E-state index is 13.2. The van der Waals surface area contributed by atoms with E-state index >= 15 is 0 Å². The molecule has 10 nitrogen and oxygen atoms in total. The van der Waals surface area contributed by atoms with Gasteiger partial charge in [-0.3, -0.25) is 9.59 Å². The number of hydrogen-bond donors (Lipinski definition) is 2. The molecule has 0 spiro atoms. The standard InChI is InChI=1S/C36H68N2O8Si6/c1-29(27-51(15,43-47(3,4)5)44-48(6,7)8)25-41-33-23-19-17-21-31(33)37-35(39)36(40)38-32-22-18-20-24-34(32)42-26-30(2)28-52(16,45-49(9,10)11)46-50(12,13)14/h17-24,29-30H,25-28H2,1-16H3,(H,37,39)(H,38,40). The molecule has 2 atom stereocenters. The van der Waals surface area contributed by atoms with Crippen LogP contribution in [0.4, 0.5) is 11.4 Å². The molecule has 2 unspecified atom stereocenters. The molecule has 0 aliphatic heterocycles. The predicted molar refractivity (Wildman–Crippen MR) is 230 cm³/mol. The molecule has 294 valence electrons. The summed E-state index contributed by atoms with van der Waals surface area (Å²) in [6.07, 6.45) is 0. The molecular weight excluding hydrogens is 757 g/mol. The Hall–Kier alpha value is -1.88. The van der Waals surface area contributed by atoms with Crippen LogP contribution in [0.25, 0.3) is 0 Å². The molecule has 0 aromatic heterocycles. The van der Waals surface area contributed by atoms with E-state index in [2.05, 4.69) is 116 Å². The van der Waals surface area contributed by atoms with Crippen LogP contribution >= 0.6 is 0 Å². The number of rotatable bonds is 20. The number of para-hydroxylation sites is 4. The maximum atomic E-state index is 13.2. The second kappa shape index (κ2) is 18.6. The van der Waals surface area contributed by atoms with Crippen LogP contribution in [0.3, 0.4) is 0 Å². The predicted octanol–water partition coefficient (Wildman–Crippen LogP) is 9.84. The summed E-state index contributed by atoms with van der Waals surface area (Å²) in [7, 11) is -12.2. The second-order valence-electron chi connectivity index (χ2n) is 18.3. The Morgan fingerprint density at radius 2 is 0.769 bits per heavy atom. The summed E-state index contributed by atoms with van der Waals surface area (Å²) in [6, 6.07) is 15.9. The van der Waals surface area contributed by atoms with Gasteiger partial charge in [-0.2, -0.15) is 0 Å². The molecule has 0 aliphatic rings. The number of benzene rings is 2. The van der Waals surface area contributed by atoms with Crippen molar-refractivity contribution in [1.82, 2.24) is 0 Å². The molecular formula is C36H68N2O8Si6. The molecule has 52 heavy (non-hydrogen) atoms. The molecule has 0 fully saturated rings. The fourth-order valence-corrected chi connectivity index (χ4v) is 32.3. The molecule has 2 aromatic rings. The van der Waals surface area contributed by atoms with Gasteiger partial charge >= 0.3 is 28.9 Å². The van der Waals surface area contributed by atoms with Crippen molar-refractivity contribution in [1.29, 1.82) is 0 Å². The first-order valence-electron chi connectivity index (χ1n) is 18.4. The van der Waals surface area contributed by atoms with E-state index in [9.17, 15) is 9.59 Å². The zero-order chi connectivity index (χ0) is 39.8. The molecule has 2 amide bonds. The minimum Gasteiger partial charge on any atom is -0.491 e. The van der Waals surface area contributed by atoms with Gasteiger partial charge in [-0.05, 0) is 140 Å². The average molecular weight is 825 g/mol. The number of anilines is 2. The quantitative estimate of drug-likeness (QED) is 0.100. The fraction of sp³-hybridized carbons (Fsp3) is 0.611. The van der Waals surface area contributed by atoms with Gasteiger partial charge in [0.25, 0.3) is 0 Å². The van der Waals surface area contributed by atoms with Crippen LogP contribution in [-0.4, -0.2) is 75.4 Å². The van der Waals surface area contributed by atoms with Crippen molar-refractivity contribution in [3.05, 3.63) is 48.5 Å². The summed E-state index contributed by atoms with van der Waals surface area (Å²) in [5, 5.41) is 5.47. The summed E-state index contributed by atoms with van der Waals surface area (Å²) in [6.45, 7) is 35.8. The number of nitrogens with one attached hydrogen (secondary N) is 2. The van der Waals surface area contributed by atoms with Gasteiger partial charge in [0.1, 0.15) is 11.5 Å². The second-order valence-corrected chi connectivity index (χ2v) is 43.8. The molecule has 0 saturated carbocycles. The highest BCUT2D eigenvalue weighted by Gasteiger charge is 2.42. The van der Waals surface area contributed by atoms with E-state index in [0.717, 1.165) is 12.1 Å². The lowest BCUT2D eigenvalue weighted by molar-refractivity contribution is -0.133. The number of amides is 2. The van der Waals surface area contributed by atoms with Gasteiger partial charge in [-0.15, -0.1) is 0 Å². The van der Waals surface area contributed by atoms with Crippen LogP contribution in [0.1, 0.15) is 13.8 Å². The van der Waals surface area contributed by atoms with E-state index in [1.807, 2.05) is 12.1 Å². The Morgan fingerprint density at radius 1 is 0.500 bits per heavy atom. The summed E-state index contributed by atoms with van der Waals surface area (Å²) >= 11 is 0. The van der Waals surface area contributed by atoms with Gasteiger partial charge in [0, 0.05) is 0 Å². The van der Waals surface area contributed by atoms with Gasteiger partial charge in [0.05, 0.1) is 24.6 Å². The van der Waals surface area contributed by atoms with Crippen molar-refractivity contribution in [2.45, 2.75) is 118 Å². The zero-order valence-corrected chi connectivity index (χ0v) is 40.9. The molecule has 0 heterocycles. The van der Waals surface area contributed by atoms with Crippen molar-refractivity contribution in [3.8, 4) is 11.5 Å². The van der Waals surface area contributed by atoms with Crippen LogP contribution in [0.5, 0.6) is 11.5 Å². The van der Waals surface area contributed by atoms with Gasteiger partial charge in [0.15, 0.2) is 33.3 Å². The minimum atomic E-state index is -2.46. The van der Waals surface area contributed by atoms with Crippen LogP contribution in [0.2, 0.25) is 104 Å². The van der Waals surface area contributed by atoms with Gasteiger partial charge in [0.2, 0.25) is 0 Å². The van der Waals surface area contributed by atoms with E-state index in [1.165, 1.54) is 0 Å². The maximum Gasteiger partial charge on any atom is 0.314 e. The fourth-order valence-electron chi connectivity index (χ4n) is 6.40. The van der Waals surface area contributed by atoms with Gasteiger partial charge in [-0.1, -0.05) is 38.1 Å². The third-order valence-electron chi connectivity index (χ3n) is 7.05. The van der Waals surface area contributed by atoms with Crippen molar-refractivity contribution >= 4 is 73.6 Å². The highest BCUT2D eigenvalue weighted by molar-refractivity contribution is 6.88. The summed E-state index contributed by atoms with van der Waals surface area (Å²) < 4.78 is 39.2. The Kier molecular flexibility index (Phi) is 16.6. The number of carbonyl (C=O) groups excluding carboxylic acids is 2. The van der Waals surface area contributed by atoms with E-state index in [-0.39, 0.29) is 11.8 Å². The van der Waals surface area contributed by atoms with Crippen LogP contribution in [0, 0.1) is 11.8 Å². The highest BCUT2D eigenvalue weighted by atomic mass is 28.5. The SMILES string of the molecule is CC(COc1ccccc1NC(=O)C(=O)Nc1ccccc1OCC(C)C[Si](C)(O[Si](C)(C)C)O[Si](C)(C)C)C[Si](C)(O[Si](C)(C)C)O[Si](C)(C)C. The third-order valence-corrected chi connectivity index (χ3v) is 26.6. The Balaban J connectivity index is 2.07. The summed E-state index contributed by atoms with van der Waals surface area (Å²) in [5.41, 5.74) is 0.830. The Labute approximate surface area is 321 Å². The van der Waals surface area contributed by atoms with Crippen LogP contribution in [-0.2, 0) is 26.0 Å². The van der Waals surface area contributed by atoms with Gasteiger partial charge in [-0.25, -0.2) is 0 Å². The molecule has 0 radical (unpaired) electrons. The monoisotopic (exact) mass is 824 g/mol. The van der Waals surface area contributed by atoms with E-state index < -0.39 is 62.2 Å².